The van der Waals surface area contributed by atoms with Gasteiger partial charge < -0.3 is 24.1 Å². The molecule has 0 bridgehead atoms. The van der Waals surface area contributed by atoms with Crippen LogP contribution < -0.4 is 14.8 Å². The molecule has 4 rings (SSSR count). The molecule has 23 heavy (non-hydrogen) atoms. The Hall–Kier alpha value is -2.70. The maximum Gasteiger partial charge on any atom is 0.322 e. The minimum Gasteiger partial charge on any atom is -0.472 e. The highest BCUT2D eigenvalue weighted by molar-refractivity contribution is 5.92. The zero-order chi connectivity index (χ0) is 15.8. The fourth-order valence-corrected chi connectivity index (χ4v) is 2.86. The molecule has 1 aromatic heterocycles. The Bertz CT molecular complexity index is 726. The summed E-state index contributed by atoms with van der Waals surface area (Å²) in [6.45, 7) is 1.29. The molecule has 0 atom stereocenters. The molecule has 2 aliphatic heterocycles. The second-order valence-corrected chi connectivity index (χ2v) is 5.69. The molecule has 0 aliphatic carbocycles. The molecule has 120 valence electrons. The second-order valence-electron chi connectivity index (χ2n) is 5.69. The van der Waals surface area contributed by atoms with Gasteiger partial charge in [-0.2, -0.15) is 0 Å². The first kappa shape index (κ1) is 13.9. The number of benzene rings is 1. The number of rotatable bonds is 3. The molecule has 1 saturated heterocycles. The molecule has 0 unspecified atom stereocenters. The molecule has 2 amide bonds. The van der Waals surface area contributed by atoms with Crippen LogP contribution in [0.1, 0.15) is 5.56 Å². The number of likely N-dealkylation sites (tertiary alicyclic amines) is 1. The number of nitrogens with zero attached hydrogens (tertiary/aromatic N) is 1. The van der Waals surface area contributed by atoms with Crippen LogP contribution in [0.2, 0.25) is 0 Å². The molecular weight excluding hydrogens is 303 g/mol. The highest BCUT2D eigenvalue weighted by atomic mass is 19.1. The molecule has 0 radical (unpaired) electrons. The summed E-state index contributed by atoms with van der Waals surface area (Å²) in [6.07, 6.45) is 4.22. The molecule has 7 heteroatoms. The maximum atomic E-state index is 13.9. The van der Waals surface area contributed by atoms with Crippen molar-refractivity contribution in [1.29, 1.82) is 0 Å². The van der Waals surface area contributed by atoms with E-state index in [9.17, 15) is 9.18 Å². The Labute approximate surface area is 131 Å². The molecule has 2 aromatic rings. The number of amides is 2. The number of ether oxygens (including phenoxy) is 2. The SMILES string of the molecule is O=C(Nc1c(F)ccc2c1OCO2)N1CC(Cc2ccoc2)C1. The van der Waals surface area contributed by atoms with Crippen LogP contribution >= 0.6 is 0 Å². The standard InChI is InChI=1S/C16H15FN2O4/c17-12-1-2-13-15(23-9-22-13)14(12)18-16(20)19-6-11(7-19)5-10-3-4-21-8-10/h1-4,8,11H,5-7,9H2,(H,18,20). The first-order chi connectivity index (χ1) is 11.2. The summed E-state index contributed by atoms with van der Waals surface area (Å²) in [6, 6.07) is 4.32. The summed E-state index contributed by atoms with van der Waals surface area (Å²) in [5.74, 6) is 0.527. The van der Waals surface area contributed by atoms with Gasteiger partial charge in [-0.05, 0) is 36.1 Å². The molecule has 0 spiro atoms. The third-order valence-electron chi connectivity index (χ3n) is 4.07. The van der Waals surface area contributed by atoms with E-state index >= 15 is 0 Å². The Kier molecular flexibility index (Phi) is 3.33. The van der Waals surface area contributed by atoms with E-state index in [1.165, 1.54) is 12.1 Å². The summed E-state index contributed by atoms with van der Waals surface area (Å²) >= 11 is 0. The molecular formula is C16H15FN2O4. The second kappa shape index (κ2) is 5.49. The van der Waals surface area contributed by atoms with Gasteiger partial charge in [-0.1, -0.05) is 0 Å². The number of carbonyl (C=O) groups excluding carboxylic acids is 1. The highest BCUT2D eigenvalue weighted by Gasteiger charge is 2.32. The molecule has 1 fully saturated rings. The van der Waals surface area contributed by atoms with E-state index in [-0.39, 0.29) is 24.3 Å². The smallest absolute Gasteiger partial charge is 0.322 e. The number of carbonyl (C=O) groups is 1. The van der Waals surface area contributed by atoms with E-state index < -0.39 is 5.82 Å². The van der Waals surface area contributed by atoms with E-state index in [1.807, 2.05) is 6.07 Å². The van der Waals surface area contributed by atoms with Crippen LogP contribution in [0.3, 0.4) is 0 Å². The Morgan fingerprint density at radius 1 is 1.30 bits per heavy atom. The van der Waals surface area contributed by atoms with Gasteiger partial charge in [0.05, 0.1) is 12.5 Å². The number of hydrogen-bond acceptors (Lipinski definition) is 4. The number of furan rings is 1. The lowest BCUT2D eigenvalue weighted by atomic mass is 9.94. The van der Waals surface area contributed by atoms with Crippen LogP contribution in [0, 0.1) is 11.7 Å². The lowest BCUT2D eigenvalue weighted by Crippen LogP contribution is -2.52. The van der Waals surface area contributed by atoms with Crippen molar-refractivity contribution in [2.24, 2.45) is 5.92 Å². The van der Waals surface area contributed by atoms with Crippen LogP contribution in [-0.4, -0.2) is 30.8 Å². The molecule has 3 heterocycles. The van der Waals surface area contributed by atoms with Gasteiger partial charge in [0.15, 0.2) is 17.3 Å². The van der Waals surface area contributed by atoms with E-state index in [0.29, 0.717) is 24.8 Å². The van der Waals surface area contributed by atoms with Crippen molar-refractivity contribution < 1.29 is 23.1 Å². The highest BCUT2D eigenvalue weighted by Crippen LogP contribution is 2.41. The van der Waals surface area contributed by atoms with Crippen LogP contribution in [0.5, 0.6) is 11.5 Å². The number of halogens is 1. The number of urea groups is 1. The Balaban J connectivity index is 1.38. The first-order valence-electron chi connectivity index (χ1n) is 7.36. The zero-order valence-corrected chi connectivity index (χ0v) is 12.3. The molecule has 1 N–H and O–H groups in total. The fraction of sp³-hybridized carbons (Fsp3) is 0.312. The molecule has 1 aromatic carbocycles. The van der Waals surface area contributed by atoms with Crippen molar-refractivity contribution in [3.8, 4) is 11.5 Å². The van der Waals surface area contributed by atoms with Gasteiger partial charge in [0.2, 0.25) is 6.79 Å². The summed E-state index contributed by atoms with van der Waals surface area (Å²) < 4.78 is 29.4. The Morgan fingerprint density at radius 2 is 2.17 bits per heavy atom. The van der Waals surface area contributed by atoms with Crippen molar-refractivity contribution in [3.63, 3.8) is 0 Å². The summed E-state index contributed by atoms with van der Waals surface area (Å²) in [5.41, 5.74) is 1.15. The lowest BCUT2D eigenvalue weighted by Gasteiger charge is -2.39. The summed E-state index contributed by atoms with van der Waals surface area (Å²) in [7, 11) is 0. The number of nitrogens with one attached hydrogen (secondary N) is 1. The number of fused-ring (bicyclic) bond motifs is 1. The summed E-state index contributed by atoms with van der Waals surface area (Å²) in [4.78, 5) is 13.9. The topological polar surface area (TPSA) is 63.9 Å². The third-order valence-corrected chi connectivity index (χ3v) is 4.07. The average Bonchev–Trinajstić information content (AvgIpc) is 3.16. The minimum absolute atomic E-state index is 0.0259. The number of anilines is 1. The third kappa shape index (κ3) is 2.58. The monoisotopic (exact) mass is 318 g/mol. The van der Waals surface area contributed by atoms with E-state index in [0.717, 1.165) is 12.0 Å². The summed E-state index contributed by atoms with van der Waals surface area (Å²) in [5, 5.41) is 2.58. The first-order valence-corrected chi connectivity index (χ1v) is 7.36. The zero-order valence-electron chi connectivity index (χ0n) is 12.3. The van der Waals surface area contributed by atoms with Gasteiger partial charge in [-0.25, -0.2) is 9.18 Å². The predicted molar refractivity (Wildman–Crippen MR) is 79.0 cm³/mol. The minimum atomic E-state index is -0.543. The van der Waals surface area contributed by atoms with Crippen molar-refractivity contribution in [1.82, 2.24) is 4.90 Å². The quantitative estimate of drug-likeness (QED) is 0.945. The van der Waals surface area contributed by atoms with Crippen molar-refractivity contribution in [2.45, 2.75) is 6.42 Å². The van der Waals surface area contributed by atoms with Crippen molar-refractivity contribution in [2.75, 3.05) is 25.2 Å². The fourth-order valence-electron chi connectivity index (χ4n) is 2.86. The largest absolute Gasteiger partial charge is 0.472 e. The molecule has 2 aliphatic rings. The lowest BCUT2D eigenvalue weighted by molar-refractivity contribution is 0.130. The van der Waals surface area contributed by atoms with Gasteiger partial charge in [0.25, 0.3) is 0 Å². The van der Waals surface area contributed by atoms with Crippen LogP contribution in [-0.2, 0) is 6.42 Å². The van der Waals surface area contributed by atoms with Gasteiger partial charge in [0, 0.05) is 13.1 Å². The van der Waals surface area contributed by atoms with Crippen molar-refractivity contribution in [3.05, 3.63) is 42.1 Å². The van der Waals surface area contributed by atoms with E-state index in [1.54, 1.807) is 17.4 Å². The van der Waals surface area contributed by atoms with Gasteiger partial charge in [-0.3, -0.25) is 0 Å². The Morgan fingerprint density at radius 3 is 2.96 bits per heavy atom. The van der Waals surface area contributed by atoms with Crippen molar-refractivity contribution >= 4 is 11.7 Å². The van der Waals surface area contributed by atoms with Crippen LogP contribution in [0.4, 0.5) is 14.9 Å². The van der Waals surface area contributed by atoms with Crippen LogP contribution in [0.15, 0.2) is 35.1 Å². The van der Waals surface area contributed by atoms with Crippen LogP contribution in [0.25, 0.3) is 0 Å². The molecule has 6 nitrogen and oxygen atoms in total. The van der Waals surface area contributed by atoms with Gasteiger partial charge in [0.1, 0.15) is 5.69 Å². The maximum absolute atomic E-state index is 13.9. The molecule has 0 saturated carbocycles. The predicted octanol–water partition coefficient (Wildman–Crippen LogP) is 2.85. The average molecular weight is 318 g/mol. The normalized spacial score (nSPS) is 16.3. The van der Waals surface area contributed by atoms with Gasteiger partial charge >= 0.3 is 6.03 Å². The van der Waals surface area contributed by atoms with E-state index in [2.05, 4.69) is 5.32 Å². The van der Waals surface area contributed by atoms with E-state index in [4.69, 9.17) is 13.9 Å². The number of hydrogen-bond donors (Lipinski definition) is 1. The van der Waals surface area contributed by atoms with Gasteiger partial charge in [-0.15, -0.1) is 0 Å².